The smallest absolute Gasteiger partial charge is 0.287 e. The number of hydrogen-bond donors (Lipinski definition) is 1. The molecule has 0 aromatic heterocycles. The van der Waals surface area contributed by atoms with E-state index in [1.54, 1.807) is 25.1 Å². The third-order valence-electron chi connectivity index (χ3n) is 2.11. The summed E-state index contributed by atoms with van der Waals surface area (Å²) >= 11 is 11.6. The summed E-state index contributed by atoms with van der Waals surface area (Å²) < 4.78 is 0. The SMILES string of the molecule is CC(=O)C(=O)NC(C)c1ccc(Cl)c(Cl)c1. The van der Waals surface area contributed by atoms with Crippen molar-refractivity contribution in [3.05, 3.63) is 33.8 Å². The minimum atomic E-state index is -0.612. The van der Waals surface area contributed by atoms with Crippen LogP contribution in [0.4, 0.5) is 0 Å². The van der Waals surface area contributed by atoms with Crippen LogP contribution in [0, 0.1) is 0 Å². The molecule has 1 amide bonds. The lowest BCUT2D eigenvalue weighted by Crippen LogP contribution is -2.31. The fraction of sp³-hybridized carbons (Fsp3) is 0.273. The van der Waals surface area contributed by atoms with Crippen molar-refractivity contribution in [2.45, 2.75) is 19.9 Å². The molecule has 1 rings (SSSR count). The van der Waals surface area contributed by atoms with E-state index in [1.807, 2.05) is 0 Å². The maximum atomic E-state index is 11.2. The van der Waals surface area contributed by atoms with Crippen molar-refractivity contribution in [2.24, 2.45) is 0 Å². The maximum Gasteiger partial charge on any atom is 0.287 e. The van der Waals surface area contributed by atoms with E-state index in [2.05, 4.69) is 5.32 Å². The van der Waals surface area contributed by atoms with Gasteiger partial charge in [-0.25, -0.2) is 0 Å². The molecule has 0 saturated heterocycles. The number of ketones is 1. The van der Waals surface area contributed by atoms with Crippen LogP contribution in [0.1, 0.15) is 25.5 Å². The zero-order valence-corrected chi connectivity index (χ0v) is 10.4. The predicted octanol–water partition coefficient (Wildman–Crippen LogP) is 2.76. The molecule has 1 N–H and O–H groups in total. The van der Waals surface area contributed by atoms with Crippen LogP contribution in [0.25, 0.3) is 0 Å². The minimum Gasteiger partial charge on any atom is -0.343 e. The molecule has 86 valence electrons. The van der Waals surface area contributed by atoms with Crippen molar-refractivity contribution in [3.8, 4) is 0 Å². The van der Waals surface area contributed by atoms with Crippen molar-refractivity contribution in [3.63, 3.8) is 0 Å². The number of benzene rings is 1. The van der Waals surface area contributed by atoms with Gasteiger partial charge in [0, 0.05) is 6.92 Å². The first-order valence-corrected chi connectivity index (χ1v) is 5.43. The molecule has 0 spiro atoms. The van der Waals surface area contributed by atoms with Crippen LogP contribution in [0.15, 0.2) is 18.2 Å². The van der Waals surface area contributed by atoms with Crippen molar-refractivity contribution >= 4 is 34.9 Å². The molecule has 0 saturated carbocycles. The van der Waals surface area contributed by atoms with Crippen molar-refractivity contribution in [1.82, 2.24) is 5.32 Å². The number of carbonyl (C=O) groups excluding carboxylic acids is 2. The molecule has 1 atom stereocenters. The van der Waals surface area contributed by atoms with Crippen LogP contribution in [0.2, 0.25) is 10.0 Å². The van der Waals surface area contributed by atoms with Gasteiger partial charge >= 0.3 is 0 Å². The summed E-state index contributed by atoms with van der Waals surface area (Å²) in [6.45, 7) is 2.98. The highest BCUT2D eigenvalue weighted by molar-refractivity contribution is 6.42. The van der Waals surface area contributed by atoms with Gasteiger partial charge < -0.3 is 5.32 Å². The van der Waals surface area contributed by atoms with E-state index in [0.29, 0.717) is 10.0 Å². The Morgan fingerprint density at radius 1 is 1.25 bits per heavy atom. The number of Topliss-reactive ketones (excluding diaryl/α,β-unsaturated/α-hetero) is 1. The van der Waals surface area contributed by atoms with Crippen LogP contribution in [-0.2, 0) is 9.59 Å². The van der Waals surface area contributed by atoms with Crippen LogP contribution in [-0.4, -0.2) is 11.7 Å². The quantitative estimate of drug-likeness (QED) is 0.849. The monoisotopic (exact) mass is 259 g/mol. The van der Waals surface area contributed by atoms with Gasteiger partial charge in [0.05, 0.1) is 16.1 Å². The van der Waals surface area contributed by atoms with Crippen LogP contribution in [0.3, 0.4) is 0 Å². The molecule has 1 unspecified atom stereocenters. The van der Waals surface area contributed by atoms with Gasteiger partial charge in [-0.15, -0.1) is 0 Å². The Kier molecular flexibility index (Phi) is 4.33. The molecule has 0 radical (unpaired) electrons. The molecule has 0 fully saturated rings. The number of carbonyl (C=O) groups is 2. The van der Waals surface area contributed by atoms with Gasteiger partial charge in [-0.05, 0) is 24.6 Å². The molecule has 1 aromatic carbocycles. The van der Waals surface area contributed by atoms with E-state index in [9.17, 15) is 9.59 Å². The summed E-state index contributed by atoms with van der Waals surface area (Å²) in [7, 11) is 0. The molecular formula is C11H11Cl2NO2. The van der Waals surface area contributed by atoms with Crippen LogP contribution < -0.4 is 5.32 Å². The number of nitrogens with one attached hydrogen (secondary N) is 1. The highest BCUT2D eigenvalue weighted by Crippen LogP contribution is 2.25. The second-order valence-electron chi connectivity index (χ2n) is 3.42. The first-order chi connectivity index (χ1) is 7.41. The van der Waals surface area contributed by atoms with E-state index in [1.165, 1.54) is 6.92 Å². The molecule has 1 aromatic rings. The third-order valence-corrected chi connectivity index (χ3v) is 2.85. The zero-order valence-electron chi connectivity index (χ0n) is 8.88. The molecule has 0 aliphatic heterocycles. The van der Waals surface area contributed by atoms with Crippen molar-refractivity contribution < 1.29 is 9.59 Å². The lowest BCUT2D eigenvalue weighted by atomic mass is 10.1. The minimum absolute atomic E-state index is 0.286. The highest BCUT2D eigenvalue weighted by Gasteiger charge is 2.13. The van der Waals surface area contributed by atoms with Gasteiger partial charge in [0.2, 0.25) is 5.78 Å². The van der Waals surface area contributed by atoms with Gasteiger partial charge in [-0.1, -0.05) is 29.3 Å². The third kappa shape index (κ3) is 3.22. The Bertz CT molecular complexity index is 432. The number of hydrogen-bond acceptors (Lipinski definition) is 2. The summed E-state index contributed by atoms with van der Waals surface area (Å²) in [4.78, 5) is 21.9. The van der Waals surface area contributed by atoms with Gasteiger partial charge in [-0.2, -0.15) is 0 Å². The second kappa shape index (κ2) is 5.32. The Hall–Kier alpha value is -1.06. The zero-order chi connectivity index (χ0) is 12.3. The van der Waals surface area contributed by atoms with Gasteiger partial charge in [0.1, 0.15) is 0 Å². The lowest BCUT2D eigenvalue weighted by molar-refractivity contribution is -0.137. The molecule has 16 heavy (non-hydrogen) atoms. The summed E-state index contributed by atoms with van der Waals surface area (Å²) in [5, 5.41) is 3.43. The fourth-order valence-electron chi connectivity index (χ4n) is 1.16. The van der Waals surface area contributed by atoms with E-state index in [4.69, 9.17) is 23.2 Å². The van der Waals surface area contributed by atoms with Crippen LogP contribution in [0.5, 0.6) is 0 Å². The predicted molar refractivity (Wildman–Crippen MR) is 63.7 cm³/mol. The molecule has 5 heteroatoms. The Balaban J connectivity index is 2.81. The molecular weight excluding hydrogens is 249 g/mol. The Morgan fingerprint density at radius 3 is 2.38 bits per heavy atom. The Labute approximate surface area is 104 Å². The van der Waals surface area contributed by atoms with Crippen LogP contribution >= 0.6 is 23.2 Å². The summed E-state index contributed by atoms with van der Waals surface area (Å²) in [5.41, 5.74) is 0.795. The van der Waals surface area contributed by atoms with E-state index >= 15 is 0 Å². The number of amides is 1. The van der Waals surface area contributed by atoms with Gasteiger partial charge in [-0.3, -0.25) is 9.59 Å². The van der Waals surface area contributed by atoms with Crippen molar-refractivity contribution in [1.29, 1.82) is 0 Å². The van der Waals surface area contributed by atoms with Gasteiger partial charge in [0.15, 0.2) is 0 Å². The standard InChI is InChI=1S/C11H11Cl2NO2/c1-6(14-11(16)7(2)15)8-3-4-9(12)10(13)5-8/h3-6H,1-2H3,(H,14,16). The Morgan fingerprint density at radius 2 is 1.88 bits per heavy atom. The summed E-state index contributed by atoms with van der Waals surface area (Å²) in [6, 6.07) is 4.77. The molecule has 0 heterocycles. The first kappa shape index (κ1) is 13.0. The van der Waals surface area contributed by atoms with Gasteiger partial charge in [0.25, 0.3) is 5.91 Å². The number of rotatable bonds is 3. The maximum absolute atomic E-state index is 11.2. The van der Waals surface area contributed by atoms with E-state index in [0.717, 1.165) is 5.56 Å². The lowest BCUT2D eigenvalue weighted by Gasteiger charge is -2.13. The normalized spacial score (nSPS) is 12.0. The second-order valence-corrected chi connectivity index (χ2v) is 4.24. The average Bonchev–Trinajstić information content (AvgIpc) is 2.21. The number of halogens is 2. The fourth-order valence-corrected chi connectivity index (χ4v) is 1.47. The summed E-state index contributed by atoms with van der Waals surface area (Å²) in [6.07, 6.45) is 0. The molecule has 0 aliphatic carbocycles. The molecule has 0 aliphatic rings. The molecule has 0 bridgehead atoms. The largest absolute Gasteiger partial charge is 0.343 e. The highest BCUT2D eigenvalue weighted by atomic mass is 35.5. The summed E-state index contributed by atoms with van der Waals surface area (Å²) in [5.74, 6) is -1.13. The van der Waals surface area contributed by atoms with E-state index in [-0.39, 0.29) is 6.04 Å². The molecule has 3 nitrogen and oxygen atoms in total. The van der Waals surface area contributed by atoms with Crippen molar-refractivity contribution in [2.75, 3.05) is 0 Å². The van der Waals surface area contributed by atoms with E-state index < -0.39 is 11.7 Å². The topological polar surface area (TPSA) is 46.2 Å². The average molecular weight is 260 g/mol. The first-order valence-electron chi connectivity index (χ1n) is 4.68.